The average Bonchev–Trinajstić information content (AvgIpc) is 3.57. The first kappa shape index (κ1) is 28.6. The van der Waals surface area contributed by atoms with Gasteiger partial charge in [0.1, 0.15) is 0 Å². The van der Waals surface area contributed by atoms with E-state index in [0.29, 0.717) is 18.0 Å². The summed E-state index contributed by atoms with van der Waals surface area (Å²) in [5, 5.41) is 14.2. The third kappa shape index (κ3) is 5.61. The predicted molar refractivity (Wildman–Crippen MR) is 136 cm³/mol. The number of carboxylic acid groups (broad SMARTS) is 1. The van der Waals surface area contributed by atoms with Crippen molar-refractivity contribution in [2.24, 2.45) is 17.8 Å². The third-order valence-corrected chi connectivity index (χ3v) is 8.51. The fraction of sp³-hybridized carbons (Fsp3) is 0.630. The van der Waals surface area contributed by atoms with Gasteiger partial charge in [-0.05, 0) is 50.2 Å². The summed E-state index contributed by atoms with van der Waals surface area (Å²) in [6.45, 7) is 4.62. The highest BCUT2D eigenvalue weighted by Gasteiger charge is 2.67. The van der Waals surface area contributed by atoms with Crippen molar-refractivity contribution < 1.29 is 36.2 Å². The summed E-state index contributed by atoms with van der Waals surface area (Å²) in [4.78, 5) is 16.2. The first-order valence-electron chi connectivity index (χ1n) is 13.6. The van der Waals surface area contributed by atoms with Gasteiger partial charge in [0.05, 0.1) is 11.7 Å². The molecular formula is C27H33F6N5O2. The van der Waals surface area contributed by atoms with Gasteiger partial charge in [0.15, 0.2) is 5.92 Å². The van der Waals surface area contributed by atoms with E-state index in [2.05, 4.69) is 17.0 Å². The van der Waals surface area contributed by atoms with Crippen molar-refractivity contribution in [2.45, 2.75) is 57.7 Å². The molecule has 1 amide bonds. The van der Waals surface area contributed by atoms with E-state index in [4.69, 9.17) is 5.10 Å². The Morgan fingerprint density at radius 3 is 2.23 bits per heavy atom. The monoisotopic (exact) mass is 573 g/mol. The molecule has 0 bridgehead atoms. The highest BCUT2D eigenvalue weighted by molar-refractivity contribution is 5.67. The number of anilines is 1. The van der Waals surface area contributed by atoms with E-state index in [-0.39, 0.29) is 19.6 Å². The molecule has 0 radical (unpaired) electrons. The van der Waals surface area contributed by atoms with E-state index < -0.39 is 42.2 Å². The summed E-state index contributed by atoms with van der Waals surface area (Å²) in [6.07, 6.45) is -7.60. The third-order valence-electron chi connectivity index (χ3n) is 8.51. The molecule has 7 nitrogen and oxygen atoms in total. The number of carbonyl (C=O) groups is 1. The smallest absolute Gasteiger partial charge is 0.407 e. The Kier molecular flexibility index (Phi) is 7.71. The van der Waals surface area contributed by atoms with Crippen molar-refractivity contribution in [3.63, 3.8) is 0 Å². The van der Waals surface area contributed by atoms with E-state index in [0.717, 1.165) is 48.4 Å². The summed E-state index contributed by atoms with van der Waals surface area (Å²) in [5.41, 5.74) is 3.55. The van der Waals surface area contributed by atoms with Gasteiger partial charge >= 0.3 is 18.4 Å². The molecule has 220 valence electrons. The number of hydrogen-bond donors (Lipinski definition) is 1. The van der Waals surface area contributed by atoms with Gasteiger partial charge in [-0.25, -0.2) is 4.79 Å². The van der Waals surface area contributed by atoms with Gasteiger partial charge in [-0.2, -0.15) is 31.4 Å². The molecule has 3 atom stereocenters. The zero-order valence-electron chi connectivity index (χ0n) is 22.1. The molecule has 0 saturated carbocycles. The van der Waals surface area contributed by atoms with Crippen molar-refractivity contribution in [1.82, 2.24) is 19.6 Å². The zero-order chi connectivity index (χ0) is 28.8. The van der Waals surface area contributed by atoms with Crippen LogP contribution in [0.5, 0.6) is 0 Å². The van der Waals surface area contributed by atoms with E-state index in [1.165, 1.54) is 6.42 Å². The number of piperidine rings is 1. The molecule has 3 saturated heterocycles. The largest absolute Gasteiger partial charge is 0.465 e. The highest BCUT2D eigenvalue weighted by atomic mass is 19.4. The normalized spacial score (nSPS) is 24.2. The topological polar surface area (TPSA) is 64.8 Å². The number of benzene rings is 1. The molecule has 1 N–H and O–H groups in total. The quantitative estimate of drug-likeness (QED) is 0.449. The fourth-order valence-corrected chi connectivity index (χ4v) is 6.72. The molecule has 4 heterocycles. The van der Waals surface area contributed by atoms with Gasteiger partial charge in [0.2, 0.25) is 0 Å². The fourth-order valence-electron chi connectivity index (χ4n) is 6.72. The van der Waals surface area contributed by atoms with E-state index in [9.17, 15) is 36.2 Å². The van der Waals surface area contributed by atoms with Crippen LogP contribution in [0.1, 0.15) is 31.7 Å². The molecule has 3 unspecified atom stereocenters. The maximum atomic E-state index is 13.7. The minimum Gasteiger partial charge on any atom is -0.465 e. The van der Waals surface area contributed by atoms with E-state index in [1.807, 2.05) is 30.2 Å². The van der Waals surface area contributed by atoms with E-state index in [1.54, 1.807) is 4.68 Å². The van der Waals surface area contributed by atoms with Crippen LogP contribution >= 0.6 is 0 Å². The molecule has 2 aromatic rings. The van der Waals surface area contributed by atoms with Crippen LogP contribution in [-0.2, 0) is 13.1 Å². The zero-order valence-corrected chi connectivity index (χ0v) is 22.1. The van der Waals surface area contributed by atoms with Crippen molar-refractivity contribution in [3.05, 3.63) is 36.0 Å². The lowest BCUT2D eigenvalue weighted by atomic mass is 9.85. The Morgan fingerprint density at radius 1 is 1.00 bits per heavy atom. The predicted octanol–water partition coefficient (Wildman–Crippen LogP) is 5.71. The summed E-state index contributed by atoms with van der Waals surface area (Å²) >= 11 is 0. The number of alkyl halides is 6. The van der Waals surface area contributed by atoms with Gasteiger partial charge in [0.25, 0.3) is 0 Å². The lowest BCUT2D eigenvalue weighted by Crippen LogP contribution is -2.54. The summed E-state index contributed by atoms with van der Waals surface area (Å²) < 4.78 is 83.8. The first-order chi connectivity index (χ1) is 18.9. The van der Waals surface area contributed by atoms with Crippen molar-refractivity contribution >= 4 is 11.8 Å². The average molecular weight is 574 g/mol. The maximum Gasteiger partial charge on any atom is 0.407 e. The summed E-state index contributed by atoms with van der Waals surface area (Å²) in [5.74, 6) is -5.44. The number of aromatic nitrogens is 2. The Hall–Kier alpha value is -2.96. The number of aryl methyl sites for hydroxylation is 1. The maximum absolute atomic E-state index is 13.7. The van der Waals surface area contributed by atoms with Gasteiger partial charge in [-0.1, -0.05) is 12.1 Å². The number of likely N-dealkylation sites (tertiary alicyclic amines) is 2. The van der Waals surface area contributed by atoms with Crippen LogP contribution in [-0.4, -0.2) is 81.9 Å². The van der Waals surface area contributed by atoms with Gasteiger partial charge in [-0.3, -0.25) is 9.58 Å². The molecule has 3 aliphatic heterocycles. The van der Waals surface area contributed by atoms with Crippen molar-refractivity contribution in [2.75, 3.05) is 37.6 Å². The Labute approximate surface area is 228 Å². The lowest BCUT2D eigenvalue weighted by Gasteiger charge is -2.35. The Balaban J connectivity index is 1.37. The number of rotatable bonds is 6. The van der Waals surface area contributed by atoms with Crippen LogP contribution in [0, 0.1) is 17.8 Å². The van der Waals surface area contributed by atoms with Crippen LogP contribution in [0.2, 0.25) is 0 Å². The molecule has 1 aromatic heterocycles. The van der Waals surface area contributed by atoms with Gasteiger partial charge < -0.3 is 14.9 Å². The first-order valence-corrected chi connectivity index (χ1v) is 13.6. The molecule has 40 heavy (non-hydrogen) atoms. The second-order valence-corrected chi connectivity index (χ2v) is 11.1. The molecular weight excluding hydrogens is 540 g/mol. The molecule has 13 heteroatoms. The van der Waals surface area contributed by atoms with Crippen LogP contribution in [0.15, 0.2) is 30.5 Å². The Morgan fingerprint density at radius 2 is 1.65 bits per heavy atom. The minimum absolute atomic E-state index is 0.0631. The van der Waals surface area contributed by atoms with Crippen molar-refractivity contribution in [1.29, 1.82) is 0 Å². The van der Waals surface area contributed by atoms with Crippen LogP contribution in [0.3, 0.4) is 0 Å². The molecule has 0 aliphatic carbocycles. The summed E-state index contributed by atoms with van der Waals surface area (Å²) in [7, 11) is 0. The van der Waals surface area contributed by atoms with Crippen LogP contribution in [0.4, 0.5) is 36.8 Å². The van der Waals surface area contributed by atoms with E-state index >= 15 is 0 Å². The molecule has 3 fully saturated rings. The summed E-state index contributed by atoms with van der Waals surface area (Å²) in [6, 6.07) is 5.87. The number of amides is 1. The Bertz CT molecular complexity index is 1180. The second-order valence-electron chi connectivity index (χ2n) is 11.1. The second kappa shape index (κ2) is 10.8. The van der Waals surface area contributed by atoms with Gasteiger partial charge in [0, 0.05) is 68.8 Å². The number of halogens is 6. The number of nitrogens with zero attached hydrogens (tertiary/aromatic N) is 5. The van der Waals surface area contributed by atoms with Crippen LogP contribution < -0.4 is 4.90 Å². The van der Waals surface area contributed by atoms with Gasteiger partial charge in [-0.15, -0.1) is 0 Å². The minimum atomic E-state index is -5.62. The molecule has 5 rings (SSSR count). The number of hydrogen-bond acceptors (Lipinski definition) is 4. The molecule has 1 aromatic carbocycles. The van der Waals surface area contributed by atoms with Crippen LogP contribution in [0.25, 0.3) is 11.3 Å². The standard InChI is InChI=1S/C27H33F6N5O2/c1-2-37-14-19(22(34-37)17-6-8-20(9-7-17)36-10-4-3-5-11-36)13-35-12-18-15-38(25(39)40)23(21(18)16-35)24(26(28,29)30)27(31,32)33/h6-9,14,18,21,23-24H,2-5,10-13,15-16H2,1H3,(H,39,40). The molecule has 3 aliphatic rings. The molecule has 0 spiro atoms. The number of fused-ring (bicyclic) bond motifs is 1. The van der Waals surface area contributed by atoms with Crippen molar-refractivity contribution in [3.8, 4) is 11.3 Å². The highest BCUT2D eigenvalue weighted by Crippen LogP contribution is 2.50. The lowest BCUT2D eigenvalue weighted by molar-refractivity contribution is -0.298. The SMILES string of the molecule is CCn1cc(CN2CC3CN(C(=O)O)C(C(C(F)(F)F)C(F)(F)F)C3C2)c(-c2ccc(N3CCCCC3)cc2)n1.